The summed E-state index contributed by atoms with van der Waals surface area (Å²) in [7, 11) is 1.67. The number of carbonyl (C=O) groups excluding carboxylic acids is 1. The molecule has 0 spiro atoms. The van der Waals surface area contributed by atoms with Gasteiger partial charge < -0.3 is 10.6 Å². The molecule has 1 aliphatic heterocycles. The van der Waals surface area contributed by atoms with Gasteiger partial charge in [0.25, 0.3) is 0 Å². The van der Waals surface area contributed by atoms with Crippen molar-refractivity contribution in [1.82, 2.24) is 25.6 Å². The molecule has 1 aliphatic rings. The fraction of sp³-hybridized carbons (Fsp3) is 0.400. The number of carbonyl (C=O) groups is 1. The summed E-state index contributed by atoms with van der Waals surface area (Å²) < 4.78 is 1.87. The third-order valence-corrected chi connectivity index (χ3v) is 3.96. The first-order valence-corrected chi connectivity index (χ1v) is 7.20. The van der Waals surface area contributed by atoms with E-state index in [4.69, 9.17) is 0 Å². The molecule has 2 heterocycles. The summed E-state index contributed by atoms with van der Waals surface area (Å²) >= 11 is 0. The fourth-order valence-electron chi connectivity index (χ4n) is 2.85. The number of aromatic nitrogens is 3. The van der Waals surface area contributed by atoms with Crippen molar-refractivity contribution in [1.29, 1.82) is 0 Å². The summed E-state index contributed by atoms with van der Waals surface area (Å²) in [5.74, 6) is 0.321. The summed E-state index contributed by atoms with van der Waals surface area (Å²) in [4.78, 5) is 11.8. The van der Waals surface area contributed by atoms with Crippen LogP contribution in [0, 0.1) is 0 Å². The molecule has 0 aliphatic carbocycles. The van der Waals surface area contributed by atoms with Crippen LogP contribution in [0.3, 0.4) is 0 Å². The minimum atomic E-state index is -0.145. The summed E-state index contributed by atoms with van der Waals surface area (Å²) in [6, 6.07) is 9.82. The molecular formula is C15H19N5O. The number of nitrogens with zero attached hydrogens (tertiary/aromatic N) is 3. The summed E-state index contributed by atoms with van der Waals surface area (Å²) in [6.45, 7) is 0.822. The molecular weight excluding hydrogens is 266 g/mol. The van der Waals surface area contributed by atoms with Crippen LogP contribution in [0.5, 0.6) is 0 Å². The van der Waals surface area contributed by atoms with Gasteiger partial charge in [-0.2, -0.15) is 0 Å². The monoisotopic (exact) mass is 285 g/mol. The number of benzene rings is 1. The predicted octanol–water partition coefficient (Wildman–Crippen LogP) is 0.849. The van der Waals surface area contributed by atoms with Crippen molar-refractivity contribution >= 4 is 5.91 Å². The average Bonchev–Trinajstić information content (AvgIpc) is 3.04. The average molecular weight is 285 g/mol. The Morgan fingerprint density at radius 3 is 2.95 bits per heavy atom. The first-order valence-electron chi connectivity index (χ1n) is 7.20. The molecule has 2 aromatic rings. The van der Waals surface area contributed by atoms with Crippen LogP contribution < -0.4 is 10.6 Å². The van der Waals surface area contributed by atoms with E-state index < -0.39 is 0 Å². The Morgan fingerprint density at radius 2 is 2.19 bits per heavy atom. The lowest BCUT2D eigenvalue weighted by atomic mass is 9.89. The molecule has 2 atom stereocenters. The molecule has 6 nitrogen and oxygen atoms in total. The molecule has 1 saturated heterocycles. The van der Waals surface area contributed by atoms with E-state index in [1.165, 1.54) is 0 Å². The Hall–Kier alpha value is -2.21. The first kappa shape index (κ1) is 13.8. The van der Waals surface area contributed by atoms with E-state index in [9.17, 15) is 4.79 Å². The van der Waals surface area contributed by atoms with Gasteiger partial charge in [-0.3, -0.25) is 4.79 Å². The lowest BCUT2D eigenvalue weighted by Gasteiger charge is -2.29. The van der Waals surface area contributed by atoms with E-state index in [-0.39, 0.29) is 17.9 Å². The molecule has 1 amide bonds. The topological polar surface area (TPSA) is 71.8 Å². The van der Waals surface area contributed by atoms with E-state index in [1.54, 1.807) is 7.05 Å². The molecule has 6 heteroatoms. The molecule has 1 fully saturated rings. The standard InChI is InChI=1S/C15H19N5O/c1-16-15(21)13-9-11(7-8-17-13)14-10-18-19-20(14)12-5-3-2-4-6-12/h2-6,10-11,13,17H,7-9H2,1H3,(H,16,21). The molecule has 0 bridgehead atoms. The van der Waals surface area contributed by atoms with Gasteiger partial charge in [0.2, 0.25) is 5.91 Å². The number of para-hydroxylation sites is 1. The van der Waals surface area contributed by atoms with Crippen LogP contribution in [0.2, 0.25) is 0 Å². The highest BCUT2D eigenvalue weighted by molar-refractivity contribution is 5.81. The van der Waals surface area contributed by atoms with Crippen molar-refractivity contribution in [3.63, 3.8) is 0 Å². The van der Waals surface area contributed by atoms with Gasteiger partial charge in [-0.1, -0.05) is 23.4 Å². The summed E-state index contributed by atoms with van der Waals surface area (Å²) in [5.41, 5.74) is 2.07. The maximum absolute atomic E-state index is 11.8. The fourth-order valence-corrected chi connectivity index (χ4v) is 2.85. The maximum Gasteiger partial charge on any atom is 0.236 e. The van der Waals surface area contributed by atoms with Gasteiger partial charge in [0.1, 0.15) is 0 Å². The van der Waals surface area contributed by atoms with E-state index in [1.807, 2.05) is 41.2 Å². The zero-order valence-electron chi connectivity index (χ0n) is 12.0. The number of nitrogens with one attached hydrogen (secondary N) is 2. The molecule has 21 heavy (non-hydrogen) atoms. The molecule has 0 saturated carbocycles. The molecule has 2 N–H and O–H groups in total. The Balaban J connectivity index is 1.85. The summed E-state index contributed by atoms with van der Waals surface area (Å²) in [6.07, 6.45) is 3.55. The number of piperidine rings is 1. The van der Waals surface area contributed by atoms with Gasteiger partial charge in [0.05, 0.1) is 23.6 Å². The highest BCUT2D eigenvalue weighted by Crippen LogP contribution is 2.28. The Kier molecular flexibility index (Phi) is 3.96. The minimum Gasteiger partial charge on any atom is -0.358 e. The van der Waals surface area contributed by atoms with Gasteiger partial charge in [0.15, 0.2) is 0 Å². The van der Waals surface area contributed by atoms with Gasteiger partial charge in [-0.05, 0) is 31.5 Å². The SMILES string of the molecule is CNC(=O)C1CC(c2cnnn2-c2ccccc2)CCN1. The van der Waals surface area contributed by atoms with Crippen molar-refractivity contribution in [3.8, 4) is 5.69 Å². The van der Waals surface area contributed by atoms with E-state index in [2.05, 4.69) is 20.9 Å². The first-order chi connectivity index (χ1) is 10.3. The lowest BCUT2D eigenvalue weighted by molar-refractivity contribution is -0.123. The molecule has 2 unspecified atom stereocenters. The van der Waals surface area contributed by atoms with Crippen LogP contribution in [0.4, 0.5) is 0 Å². The van der Waals surface area contributed by atoms with Gasteiger partial charge >= 0.3 is 0 Å². The van der Waals surface area contributed by atoms with Gasteiger partial charge in [0, 0.05) is 13.0 Å². The van der Waals surface area contributed by atoms with E-state index in [0.29, 0.717) is 0 Å². The molecule has 0 radical (unpaired) electrons. The Labute approximate surface area is 123 Å². The van der Waals surface area contributed by atoms with Gasteiger partial charge in [-0.15, -0.1) is 5.10 Å². The zero-order chi connectivity index (χ0) is 14.7. The summed E-state index contributed by atoms with van der Waals surface area (Å²) in [5, 5.41) is 14.2. The molecule has 110 valence electrons. The van der Waals surface area contributed by atoms with Crippen LogP contribution in [-0.4, -0.2) is 40.5 Å². The quantitative estimate of drug-likeness (QED) is 0.877. The molecule has 1 aromatic heterocycles. The third-order valence-electron chi connectivity index (χ3n) is 3.96. The third kappa shape index (κ3) is 2.80. The number of rotatable bonds is 3. The van der Waals surface area contributed by atoms with Crippen molar-refractivity contribution in [3.05, 3.63) is 42.2 Å². The second-order valence-electron chi connectivity index (χ2n) is 5.25. The highest BCUT2D eigenvalue weighted by Gasteiger charge is 2.29. The number of hydrogen-bond donors (Lipinski definition) is 2. The maximum atomic E-state index is 11.8. The highest BCUT2D eigenvalue weighted by atomic mass is 16.2. The normalized spacial score (nSPS) is 22.0. The van der Waals surface area contributed by atoms with Gasteiger partial charge in [-0.25, -0.2) is 4.68 Å². The van der Waals surface area contributed by atoms with Crippen LogP contribution >= 0.6 is 0 Å². The second kappa shape index (κ2) is 6.05. The van der Waals surface area contributed by atoms with E-state index >= 15 is 0 Å². The van der Waals surface area contributed by atoms with E-state index in [0.717, 1.165) is 30.8 Å². The number of likely N-dealkylation sites (N-methyl/N-ethyl adjacent to an activating group) is 1. The Morgan fingerprint density at radius 1 is 1.38 bits per heavy atom. The van der Waals surface area contributed by atoms with Crippen LogP contribution in [-0.2, 0) is 4.79 Å². The van der Waals surface area contributed by atoms with Crippen LogP contribution in [0.1, 0.15) is 24.5 Å². The number of amides is 1. The number of hydrogen-bond acceptors (Lipinski definition) is 4. The van der Waals surface area contributed by atoms with Crippen LogP contribution in [0.25, 0.3) is 5.69 Å². The molecule has 3 rings (SSSR count). The van der Waals surface area contributed by atoms with Crippen LogP contribution in [0.15, 0.2) is 36.5 Å². The van der Waals surface area contributed by atoms with Crippen molar-refractivity contribution in [2.75, 3.05) is 13.6 Å². The predicted molar refractivity (Wildman–Crippen MR) is 79.2 cm³/mol. The smallest absolute Gasteiger partial charge is 0.236 e. The second-order valence-corrected chi connectivity index (χ2v) is 5.25. The largest absolute Gasteiger partial charge is 0.358 e. The molecule has 1 aromatic carbocycles. The van der Waals surface area contributed by atoms with Crippen molar-refractivity contribution in [2.45, 2.75) is 24.8 Å². The lowest BCUT2D eigenvalue weighted by Crippen LogP contribution is -2.47. The Bertz CT molecular complexity index is 610. The zero-order valence-corrected chi connectivity index (χ0v) is 12.0. The van der Waals surface area contributed by atoms with Crippen molar-refractivity contribution < 1.29 is 4.79 Å². The minimum absolute atomic E-state index is 0.0402. The van der Waals surface area contributed by atoms with Crippen molar-refractivity contribution in [2.24, 2.45) is 0 Å².